The fraction of sp³-hybridized carbons (Fsp3) is 0.333. The summed E-state index contributed by atoms with van der Waals surface area (Å²) < 4.78 is 7.73. The first-order valence-corrected chi connectivity index (χ1v) is 8.97. The number of benzene rings is 2. The highest BCUT2D eigenvalue weighted by Gasteiger charge is 2.08. The summed E-state index contributed by atoms with van der Waals surface area (Å²) in [6.07, 6.45) is -1.00. The molecule has 3 nitrogen and oxygen atoms in total. The van der Waals surface area contributed by atoms with Crippen LogP contribution in [0.2, 0.25) is 0 Å². The molecule has 0 amide bonds. The Labute approximate surface area is 153 Å². The van der Waals surface area contributed by atoms with Crippen LogP contribution in [0.3, 0.4) is 0 Å². The van der Waals surface area contributed by atoms with Gasteiger partial charge in [0.05, 0.1) is 25.4 Å². The molecule has 124 valence electrons. The molecule has 2 aromatic rings. The van der Waals surface area contributed by atoms with Gasteiger partial charge in [0.15, 0.2) is 0 Å². The Kier molecular flexibility index (Phi) is 6.80. The molecule has 5 heteroatoms. The number of aliphatic hydroxyl groups excluding tert-OH is 2. The summed E-state index contributed by atoms with van der Waals surface area (Å²) in [5.74, 6) is 0. The van der Waals surface area contributed by atoms with Gasteiger partial charge >= 0.3 is 0 Å². The Morgan fingerprint density at radius 1 is 0.826 bits per heavy atom. The fourth-order valence-corrected chi connectivity index (χ4v) is 2.92. The number of hydrogen-bond donors (Lipinski definition) is 2. The lowest BCUT2D eigenvalue weighted by Crippen LogP contribution is -2.00. The van der Waals surface area contributed by atoms with E-state index in [-0.39, 0.29) is 0 Å². The van der Waals surface area contributed by atoms with Gasteiger partial charge in [-0.2, -0.15) is 0 Å². The second kappa shape index (κ2) is 8.40. The molecular weight excluding hydrogens is 424 g/mol. The van der Waals surface area contributed by atoms with Crippen LogP contribution in [0, 0.1) is 0 Å². The average molecular weight is 444 g/mol. The lowest BCUT2D eigenvalue weighted by atomic mass is 10.1. The maximum atomic E-state index is 9.68. The summed E-state index contributed by atoms with van der Waals surface area (Å²) in [7, 11) is 0. The average Bonchev–Trinajstić information content (AvgIpc) is 2.50. The molecule has 2 unspecified atom stereocenters. The highest BCUT2D eigenvalue weighted by Crippen LogP contribution is 2.25. The third kappa shape index (κ3) is 5.13. The van der Waals surface area contributed by atoms with Gasteiger partial charge in [0.1, 0.15) is 0 Å². The van der Waals surface area contributed by atoms with Crippen molar-refractivity contribution in [3.63, 3.8) is 0 Å². The Balaban J connectivity index is 2.05. The summed E-state index contributed by atoms with van der Waals surface area (Å²) >= 11 is 7.01. The topological polar surface area (TPSA) is 49.7 Å². The first-order valence-electron chi connectivity index (χ1n) is 7.39. The van der Waals surface area contributed by atoms with Crippen molar-refractivity contribution in [3.05, 3.63) is 67.6 Å². The maximum absolute atomic E-state index is 9.68. The second-order valence-corrected chi connectivity index (χ2v) is 7.26. The van der Waals surface area contributed by atoms with Crippen LogP contribution in [-0.2, 0) is 18.0 Å². The Bertz CT molecular complexity index is 612. The molecule has 2 rings (SSSR count). The quantitative estimate of drug-likeness (QED) is 0.657. The SMILES string of the molecule is CC(O)c1ccc(Br)c(COCc2cc(C(C)O)ccc2Br)c1. The molecule has 0 aliphatic carbocycles. The largest absolute Gasteiger partial charge is 0.389 e. The van der Waals surface area contributed by atoms with E-state index in [1.165, 1.54) is 0 Å². The summed E-state index contributed by atoms with van der Waals surface area (Å²) in [6.45, 7) is 4.36. The van der Waals surface area contributed by atoms with Gasteiger partial charge in [-0.05, 0) is 60.4 Å². The molecule has 0 heterocycles. The molecule has 0 spiro atoms. The van der Waals surface area contributed by atoms with Crippen LogP contribution in [0.25, 0.3) is 0 Å². The summed E-state index contributed by atoms with van der Waals surface area (Å²) in [5.41, 5.74) is 3.71. The van der Waals surface area contributed by atoms with Crippen LogP contribution in [0.15, 0.2) is 45.3 Å². The van der Waals surface area contributed by atoms with Crippen molar-refractivity contribution >= 4 is 31.9 Å². The zero-order valence-corrected chi connectivity index (χ0v) is 16.3. The minimum atomic E-state index is -0.501. The summed E-state index contributed by atoms with van der Waals surface area (Å²) in [4.78, 5) is 0. The van der Waals surface area contributed by atoms with E-state index in [9.17, 15) is 10.2 Å². The predicted molar refractivity (Wildman–Crippen MR) is 98.0 cm³/mol. The molecular formula is C18H20Br2O3. The Morgan fingerprint density at radius 3 is 1.57 bits per heavy atom. The van der Waals surface area contributed by atoms with Gasteiger partial charge in [-0.15, -0.1) is 0 Å². The molecule has 0 aliphatic rings. The predicted octanol–water partition coefficient (Wildman–Crippen LogP) is 5.04. The Morgan fingerprint density at radius 2 is 1.22 bits per heavy atom. The van der Waals surface area contributed by atoms with Crippen molar-refractivity contribution in [2.24, 2.45) is 0 Å². The van der Waals surface area contributed by atoms with Gasteiger partial charge < -0.3 is 14.9 Å². The molecule has 0 saturated heterocycles. The van der Waals surface area contributed by atoms with Gasteiger partial charge in [-0.25, -0.2) is 0 Å². The second-order valence-electron chi connectivity index (χ2n) is 5.55. The van der Waals surface area contributed by atoms with E-state index in [4.69, 9.17) is 4.74 Å². The van der Waals surface area contributed by atoms with Crippen LogP contribution in [0.1, 0.15) is 48.3 Å². The number of aliphatic hydroxyl groups is 2. The normalized spacial score (nSPS) is 13.8. The molecule has 2 N–H and O–H groups in total. The van der Waals surface area contributed by atoms with Crippen LogP contribution >= 0.6 is 31.9 Å². The molecule has 0 bridgehead atoms. The summed E-state index contributed by atoms with van der Waals surface area (Å²) in [6, 6.07) is 11.5. The van der Waals surface area contributed by atoms with Gasteiger partial charge in [0.2, 0.25) is 0 Å². The minimum absolute atomic E-state index is 0.437. The van der Waals surface area contributed by atoms with Crippen LogP contribution in [0.4, 0.5) is 0 Å². The van der Waals surface area contributed by atoms with Gasteiger partial charge in [0.25, 0.3) is 0 Å². The van der Waals surface area contributed by atoms with E-state index in [0.29, 0.717) is 13.2 Å². The smallest absolute Gasteiger partial charge is 0.0762 e. The molecule has 0 fully saturated rings. The Hall–Kier alpha value is -0.720. The van der Waals surface area contributed by atoms with Gasteiger partial charge in [0, 0.05) is 8.95 Å². The monoisotopic (exact) mass is 442 g/mol. The van der Waals surface area contributed by atoms with E-state index < -0.39 is 12.2 Å². The van der Waals surface area contributed by atoms with E-state index in [2.05, 4.69) is 31.9 Å². The molecule has 0 saturated carbocycles. The van der Waals surface area contributed by atoms with E-state index in [1.807, 2.05) is 36.4 Å². The van der Waals surface area contributed by atoms with E-state index >= 15 is 0 Å². The molecule has 2 aromatic carbocycles. The number of halogens is 2. The van der Waals surface area contributed by atoms with Crippen molar-refractivity contribution in [2.45, 2.75) is 39.3 Å². The highest BCUT2D eigenvalue weighted by molar-refractivity contribution is 9.10. The van der Waals surface area contributed by atoms with E-state index in [1.54, 1.807) is 13.8 Å². The highest BCUT2D eigenvalue weighted by atomic mass is 79.9. The van der Waals surface area contributed by atoms with Crippen molar-refractivity contribution in [1.29, 1.82) is 0 Å². The molecule has 0 aliphatic heterocycles. The maximum Gasteiger partial charge on any atom is 0.0762 e. The zero-order valence-electron chi connectivity index (χ0n) is 13.1. The number of rotatable bonds is 6. The fourth-order valence-electron chi connectivity index (χ4n) is 2.20. The molecule has 23 heavy (non-hydrogen) atoms. The van der Waals surface area contributed by atoms with Crippen molar-refractivity contribution in [3.8, 4) is 0 Å². The molecule has 0 radical (unpaired) electrons. The number of ether oxygens (including phenoxy) is 1. The van der Waals surface area contributed by atoms with Gasteiger partial charge in [-0.3, -0.25) is 0 Å². The standard InChI is InChI=1S/C18H20Br2O3/c1-11(21)13-3-5-17(19)15(7-13)9-23-10-16-8-14(12(2)22)4-6-18(16)20/h3-8,11-12,21-22H,9-10H2,1-2H3. The third-order valence-electron chi connectivity index (χ3n) is 3.62. The van der Waals surface area contributed by atoms with Crippen LogP contribution in [-0.4, -0.2) is 10.2 Å². The van der Waals surface area contributed by atoms with Crippen LogP contribution in [0.5, 0.6) is 0 Å². The first kappa shape index (κ1) is 18.6. The minimum Gasteiger partial charge on any atom is -0.389 e. The van der Waals surface area contributed by atoms with Gasteiger partial charge in [-0.1, -0.05) is 44.0 Å². The van der Waals surface area contributed by atoms with E-state index in [0.717, 1.165) is 31.2 Å². The third-order valence-corrected chi connectivity index (χ3v) is 5.17. The van der Waals surface area contributed by atoms with Crippen molar-refractivity contribution in [1.82, 2.24) is 0 Å². The first-order chi connectivity index (χ1) is 10.9. The molecule has 0 aromatic heterocycles. The van der Waals surface area contributed by atoms with Crippen LogP contribution < -0.4 is 0 Å². The van der Waals surface area contributed by atoms with Crippen molar-refractivity contribution < 1.29 is 14.9 Å². The number of hydrogen-bond acceptors (Lipinski definition) is 3. The zero-order chi connectivity index (χ0) is 17.0. The molecule has 2 atom stereocenters. The summed E-state index contributed by atoms with van der Waals surface area (Å²) in [5, 5.41) is 19.4. The van der Waals surface area contributed by atoms with Crippen molar-refractivity contribution in [2.75, 3.05) is 0 Å². The lowest BCUT2D eigenvalue weighted by molar-refractivity contribution is 0.106. The lowest BCUT2D eigenvalue weighted by Gasteiger charge is -2.12.